The van der Waals surface area contributed by atoms with Crippen molar-refractivity contribution in [1.29, 1.82) is 0 Å². The van der Waals surface area contributed by atoms with E-state index >= 15 is 0 Å². The van der Waals surface area contributed by atoms with Crippen LogP contribution in [0, 0.1) is 0 Å². The van der Waals surface area contributed by atoms with E-state index in [1.54, 1.807) is 7.11 Å². The Morgan fingerprint density at radius 3 is 1.95 bits per heavy atom. The highest BCUT2D eigenvalue weighted by molar-refractivity contribution is 6.13. The van der Waals surface area contributed by atoms with Crippen molar-refractivity contribution in [3.63, 3.8) is 0 Å². The van der Waals surface area contributed by atoms with E-state index in [-0.39, 0.29) is 0 Å². The van der Waals surface area contributed by atoms with Crippen LogP contribution >= 0.6 is 0 Å². The molecule has 2 aromatic carbocycles. The van der Waals surface area contributed by atoms with E-state index in [0.717, 1.165) is 11.1 Å². The van der Waals surface area contributed by atoms with Gasteiger partial charge in [-0.15, -0.1) is 0 Å². The van der Waals surface area contributed by atoms with E-state index in [2.05, 4.69) is 4.99 Å². The van der Waals surface area contributed by atoms with Crippen LogP contribution in [0.1, 0.15) is 17.5 Å². The first-order chi connectivity index (χ1) is 10.7. The van der Waals surface area contributed by atoms with Gasteiger partial charge in [0.1, 0.15) is 6.04 Å². The fourth-order valence-corrected chi connectivity index (χ4v) is 2.14. The van der Waals surface area contributed by atoms with Crippen LogP contribution in [-0.4, -0.2) is 36.5 Å². The zero-order valence-electron chi connectivity index (χ0n) is 12.5. The van der Waals surface area contributed by atoms with Gasteiger partial charge in [-0.25, -0.2) is 4.79 Å². The highest BCUT2D eigenvalue weighted by atomic mass is 16.5. The first-order valence-electron chi connectivity index (χ1n) is 7.12. The number of rotatable bonds is 7. The molecule has 0 radical (unpaired) electrons. The molecule has 0 fully saturated rings. The zero-order chi connectivity index (χ0) is 15.8. The summed E-state index contributed by atoms with van der Waals surface area (Å²) in [4.78, 5) is 15.9. The molecule has 0 aliphatic carbocycles. The summed E-state index contributed by atoms with van der Waals surface area (Å²) in [6, 6.07) is 18.4. The van der Waals surface area contributed by atoms with Crippen molar-refractivity contribution in [2.45, 2.75) is 12.5 Å². The van der Waals surface area contributed by atoms with Crippen molar-refractivity contribution in [2.75, 3.05) is 13.7 Å². The van der Waals surface area contributed by atoms with Gasteiger partial charge in [0, 0.05) is 31.3 Å². The number of carbonyl (C=O) groups is 1. The molecule has 0 aliphatic rings. The molecule has 4 nitrogen and oxygen atoms in total. The molecule has 0 aliphatic heterocycles. The molecule has 0 amide bonds. The van der Waals surface area contributed by atoms with Crippen LogP contribution in [0.4, 0.5) is 0 Å². The van der Waals surface area contributed by atoms with Gasteiger partial charge in [-0.1, -0.05) is 60.7 Å². The van der Waals surface area contributed by atoms with Gasteiger partial charge in [0.25, 0.3) is 0 Å². The lowest BCUT2D eigenvalue weighted by Crippen LogP contribution is -2.22. The molecule has 1 atom stereocenters. The summed E-state index contributed by atoms with van der Waals surface area (Å²) in [7, 11) is 1.55. The maximum Gasteiger partial charge on any atom is 0.328 e. The second-order valence-corrected chi connectivity index (χ2v) is 4.85. The van der Waals surface area contributed by atoms with E-state index in [1.165, 1.54) is 0 Å². The Kier molecular flexibility index (Phi) is 5.86. The number of methoxy groups -OCH3 is 1. The Bertz CT molecular complexity index is 582. The van der Waals surface area contributed by atoms with Crippen LogP contribution in [0.5, 0.6) is 0 Å². The van der Waals surface area contributed by atoms with Gasteiger partial charge in [0.05, 0.1) is 5.71 Å². The Morgan fingerprint density at radius 2 is 1.55 bits per heavy atom. The van der Waals surface area contributed by atoms with E-state index in [4.69, 9.17) is 4.74 Å². The molecule has 4 heteroatoms. The maximum absolute atomic E-state index is 11.4. The molecular weight excluding hydrogens is 278 g/mol. The monoisotopic (exact) mass is 297 g/mol. The minimum absolute atomic E-state index is 0.342. The number of aliphatic carboxylic acids is 1. The Labute approximate surface area is 130 Å². The third kappa shape index (κ3) is 4.27. The van der Waals surface area contributed by atoms with Crippen molar-refractivity contribution in [3.05, 3.63) is 71.8 Å². The third-order valence-electron chi connectivity index (χ3n) is 3.26. The number of aliphatic imine (C=N–C) groups is 1. The van der Waals surface area contributed by atoms with Crippen LogP contribution in [0.3, 0.4) is 0 Å². The molecule has 2 aromatic rings. The number of hydrogen-bond acceptors (Lipinski definition) is 3. The van der Waals surface area contributed by atoms with Crippen molar-refractivity contribution in [1.82, 2.24) is 0 Å². The molecule has 0 heterocycles. The number of carboxylic acid groups (broad SMARTS) is 1. The Hall–Kier alpha value is -2.46. The summed E-state index contributed by atoms with van der Waals surface area (Å²) in [5.41, 5.74) is 2.49. The highest BCUT2D eigenvalue weighted by Gasteiger charge is 2.18. The van der Waals surface area contributed by atoms with Crippen LogP contribution in [-0.2, 0) is 9.53 Å². The smallest absolute Gasteiger partial charge is 0.328 e. The van der Waals surface area contributed by atoms with Gasteiger partial charge < -0.3 is 9.84 Å². The fourth-order valence-electron chi connectivity index (χ4n) is 2.14. The highest BCUT2D eigenvalue weighted by Crippen LogP contribution is 2.13. The summed E-state index contributed by atoms with van der Waals surface area (Å²) in [5, 5.41) is 9.38. The average Bonchev–Trinajstić information content (AvgIpc) is 2.56. The normalized spacial score (nSPS) is 11.7. The Morgan fingerprint density at radius 1 is 1.05 bits per heavy atom. The molecule has 22 heavy (non-hydrogen) atoms. The predicted molar refractivity (Wildman–Crippen MR) is 86.4 cm³/mol. The van der Waals surface area contributed by atoms with Gasteiger partial charge in [-0.3, -0.25) is 4.99 Å². The van der Waals surface area contributed by atoms with Crippen LogP contribution in [0.2, 0.25) is 0 Å². The first kappa shape index (κ1) is 15.9. The SMILES string of the molecule is COCC[C@H](N=C(c1ccccc1)c1ccccc1)C(=O)O. The Balaban J connectivity index is 2.43. The van der Waals surface area contributed by atoms with Gasteiger partial charge >= 0.3 is 5.97 Å². The topological polar surface area (TPSA) is 58.9 Å². The quantitative estimate of drug-likeness (QED) is 0.799. The molecular formula is C18H19NO3. The number of ether oxygens (including phenoxy) is 1. The lowest BCUT2D eigenvalue weighted by Gasteiger charge is -2.12. The number of benzene rings is 2. The standard InChI is InChI=1S/C18H19NO3/c1-22-13-12-16(18(20)21)19-17(14-8-4-2-5-9-14)15-10-6-3-7-11-15/h2-11,16H,12-13H2,1H3,(H,20,21)/t16-/m0/s1. The van der Waals surface area contributed by atoms with Crippen LogP contribution in [0.15, 0.2) is 65.7 Å². The van der Waals surface area contributed by atoms with Crippen LogP contribution < -0.4 is 0 Å². The average molecular weight is 297 g/mol. The van der Waals surface area contributed by atoms with Crippen molar-refractivity contribution >= 4 is 11.7 Å². The predicted octanol–water partition coefficient (Wildman–Crippen LogP) is 3.01. The zero-order valence-corrected chi connectivity index (χ0v) is 12.5. The van der Waals surface area contributed by atoms with E-state index < -0.39 is 12.0 Å². The summed E-state index contributed by atoms with van der Waals surface area (Å²) in [5.74, 6) is -0.943. The summed E-state index contributed by atoms with van der Waals surface area (Å²) < 4.78 is 4.98. The molecule has 0 bridgehead atoms. The van der Waals surface area contributed by atoms with E-state index in [0.29, 0.717) is 18.7 Å². The molecule has 1 N–H and O–H groups in total. The number of nitrogens with zero attached hydrogens (tertiary/aromatic N) is 1. The molecule has 114 valence electrons. The molecule has 0 saturated carbocycles. The van der Waals surface area contributed by atoms with Crippen molar-refractivity contribution < 1.29 is 14.6 Å². The third-order valence-corrected chi connectivity index (χ3v) is 3.26. The summed E-state index contributed by atoms with van der Waals surface area (Å²) in [6.45, 7) is 0.358. The largest absolute Gasteiger partial charge is 0.480 e. The second kappa shape index (κ2) is 8.10. The van der Waals surface area contributed by atoms with Crippen molar-refractivity contribution in [3.8, 4) is 0 Å². The van der Waals surface area contributed by atoms with Gasteiger partial charge in [0.2, 0.25) is 0 Å². The van der Waals surface area contributed by atoms with Gasteiger partial charge in [-0.05, 0) is 0 Å². The van der Waals surface area contributed by atoms with Crippen LogP contribution in [0.25, 0.3) is 0 Å². The molecule has 0 unspecified atom stereocenters. The fraction of sp³-hybridized carbons (Fsp3) is 0.222. The molecule has 0 aromatic heterocycles. The lowest BCUT2D eigenvalue weighted by atomic mass is 10.0. The molecule has 0 saturated heterocycles. The minimum atomic E-state index is -0.943. The van der Waals surface area contributed by atoms with Crippen molar-refractivity contribution in [2.24, 2.45) is 4.99 Å². The lowest BCUT2D eigenvalue weighted by molar-refractivity contribution is -0.138. The second-order valence-electron chi connectivity index (χ2n) is 4.85. The minimum Gasteiger partial charge on any atom is -0.480 e. The summed E-state index contributed by atoms with van der Waals surface area (Å²) >= 11 is 0. The van der Waals surface area contributed by atoms with Gasteiger partial charge in [-0.2, -0.15) is 0 Å². The molecule has 0 spiro atoms. The number of carboxylic acids is 1. The van der Waals surface area contributed by atoms with Gasteiger partial charge in [0.15, 0.2) is 0 Å². The van der Waals surface area contributed by atoms with E-state index in [9.17, 15) is 9.90 Å². The summed E-state index contributed by atoms with van der Waals surface area (Å²) in [6.07, 6.45) is 0.342. The number of hydrogen-bond donors (Lipinski definition) is 1. The first-order valence-corrected chi connectivity index (χ1v) is 7.12. The maximum atomic E-state index is 11.4. The molecule has 2 rings (SSSR count). The van der Waals surface area contributed by atoms with E-state index in [1.807, 2.05) is 60.7 Å².